The smallest absolute Gasteiger partial charge is 0.220 e. The first-order chi connectivity index (χ1) is 24.3. The average Bonchev–Trinajstić information content (AvgIpc) is 3.04. The normalized spacial score (nSPS) is 46.0. The molecule has 2 atom stereocenters. The zero-order valence-electron chi connectivity index (χ0n) is 41.7. The number of fused-ring (bicyclic) bond motifs is 1. The number of hydrogen-bond donors (Lipinski definition) is 2. The van der Waals surface area contributed by atoms with Crippen LogP contribution in [0.1, 0.15) is 107 Å². The first kappa shape index (κ1) is 5.92. The van der Waals surface area contributed by atoms with Crippen LogP contribution < -0.4 is 14.8 Å². The highest BCUT2D eigenvalue weighted by Crippen LogP contribution is 2.33. The van der Waals surface area contributed by atoms with Crippen LogP contribution in [0.15, 0.2) is 18.2 Å². The molecule has 6 heteroatoms. The van der Waals surface area contributed by atoms with Gasteiger partial charge in [-0.1, -0.05) is 38.4 Å². The van der Waals surface area contributed by atoms with E-state index in [9.17, 15) is 9.90 Å². The van der Waals surface area contributed by atoms with Crippen molar-refractivity contribution in [3.63, 3.8) is 0 Å². The second kappa shape index (κ2) is 11.4. The lowest BCUT2D eigenvalue weighted by molar-refractivity contribution is -0.123. The molecule has 2 heterocycles. The molecule has 1 saturated heterocycles. The Morgan fingerprint density at radius 1 is 1.24 bits per heavy atom. The summed E-state index contributed by atoms with van der Waals surface area (Å²) in [5, 5.41) is 13.2. The molecule has 0 aromatic heterocycles. The summed E-state index contributed by atoms with van der Waals surface area (Å²) in [7, 11) is 0. The number of rotatable bonds is 11. The molecule has 2 N–H and O–H groups in total. The topological polar surface area (TPSA) is 71.0 Å². The number of hydrogen-bond acceptors (Lipinski definition) is 5. The van der Waals surface area contributed by atoms with Crippen LogP contribution in [-0.4, -0.2) is 54.6 Å². The molecule has 0 unspecified atom stereocenters. The number of aliphatic hydroxyl groups is 1. The van der Waals surface area contributed by atoms with Gasteiger partial charge >= 0.3 is 0 Å². The zero-order valence-corrected chi connectivity index (χ0v) is 14.7. The lowest BCUT2D eigenvalue weighted by atomic mass is 10.0. The molecule has 0 radical (unpaired) electrons. The van der Waals surface area contributed by atoms with Gasteiger partial charge in [-0.05, 0) is 49.8 Å². The summed E-state index contributed by atoms with van der Waals surface area (Å²) in [6, 6.07) is -0.535. The minimum atomic E-state index is -4.43. The molecule has 2 aliphatic rings. The molecular formula is C23H36N2O4. The number of aliphatic hydroxyl groups excluding tert-OH is 1. The van der Waals surface area contributed by atoms with Gasteiger partial charge < -0.3 is 24.8 Å². The van der Waals surface area contributed by atoms with E-state index in [4.69, 9.17) is 46.5 Å². The van der Waals surface area contributed by atoms with E-state index in [2.05, 4.69) is 0 Å². The SMILES string of the molecule is [2H]C([2H])([C@@H](NC(=O)CC([2H])([2H])C([2H])([2H])C([2H])([2H])C([2H])([2H])C([2H])([2H])C([2H])([2H])[2H])[C@H](O)c1ccc2c(c1)OC([2H])([2H])C([2H])([2H])O2)N1C([2H])([2H])C([2H])([2H])C([2H])([2H])C1([2H])[2H]. The van der Waals surface area contributed by atoms with Crippen molar-refractivity contribution in [1.82, 2.24) is 10.2 Å². The number of carbonyl (C=O) groups is 1. The highest BCUT2D eigenvalue weighted by atomic mass is 16.6. The molecular weight excluding hydrogens is 368 g/mol. The van der Waals surface area contributed by atoms with Crippen LogP contribution in [0.5, 0.6) is 11.5 Å². The van der Waals surface area contributed by atoms with Crippen molar-refractivity contribution in [2.75, 3.05) is 32.6 Å². The van der Waals surface area contributed by atoms with Gasteiger partial charge in [0.1, 0.15) is 19.2 Å². The summed E-state index contributed by atoms with van der Waals surface area (Å²) >= 11 is 0. The van der Waals surface area contributed by atoms with E-state index < -0.39 is 131 Å². The van der Waals surface area contributed by atoms with Gasteiger partial charge in [0.2, 0.25) is 5.91 Å². The fourth-order valence-electron chi connectivity index (χ4n) is 2.25. The Bertz CT molecular complexity index is 1660. The second-order valence-corrected chi connectivity index (χ2v) is 5.40. The molecule has 1 aromatic rings. The Morgan fingerprint density at radius 2 is 2.00 bits per heavy atom. The van der Waals surface area contributed by atoms with Crippen molar-refractivity contribution in [3.8, 4) is 11.5 Å². The molecule has 2 aliphatic heterocycles. The summed E-state index contributed by atoms with van der Waals surface area (Å²) < 4.78 is 227. The van der Waals surface area contributed by atoms with Crippen LogP contribution in [-0.2, 0) is 4.79 Å². The van der Waals surface area contributed by atoms with E-state index in [1.165, 1.54) is 0 Å². The fourth-order valence-corrected chi connectivity index (χ4v) is 2.25. The third-order valence-corrected chi connectivity index (χ3v) is 3.50. The Hall–Kier alpha value is -1.79. The van der Waals surface area contributed by atoms with E-state index in [0.717, 1.165) is 12.1 Å². The van der Waals surface area contributed by atoms with Gasteiger partial charge in [-0.25, -0.2) is 0 Å². The molecule has 0 saturated carbocycles. The zero-order chi connectivity index (χ0) is 44.5. The van der Waals surface area contributed by atoms with Crippen LogP contribution in [0.2, 0.25) is 0 Å². The van der Waals surface area contributed by atoms with E-state index in [1.807, 2.05) is 0 Å². The lowest BCUT2D eigenvalue weighted by Crippen LogP contribution is -2.46. The highest BCUT2D eigenvalue weighted by molar-refractivity contribution is 5.76. The van der Waals surface area contributed by atoms with Crippen molar-refractivity contribution in [2.24, 2.45) is 0 Å². The summed E-state index contributed by atoms with van der Waals surface area (Å²) in [6.45, 7) is -22.3. The number of carbonyl (C=O) groups excluding carboxylic acids is 1. The maximum absolute atomic E-state index is 13.5. The molecule has 1 fully saturated rings. The van der Waals surface area contributed by atoms with E-state index in [0.29, 0.717) is 6.07 Å². The van der Waals surface area contributed by atoms with Gasteiger partial charge in [0, 0.05) is 44.4 Å². The summed E-state index contributed by atoms with van der Waals surface area (Å²) in [4.78, 5) is 12.9. The van der Waals surface area contributed by atoms with Gasteiger partial charge in [0.25, 0.3) is 0 Å². The number of nitrogens with zero attached hydrogens (tertiary/aromatic N) is 1. The van der Waals surface area contributed by atoms with Crippen LogP contribution in [0.3, 0.4) is 0 Å². The van der Waals surface area contributed by atoms with Crippen LogP contribution >= 0.6 is 0 Å². The van der Waals surface area contributed by atoms with Gasteiger partial charge in [0.15, 0.2) is 11.5 Å². The molecule has 162 valence electrons. The maximum Gasteiger partial charge on any atom is 0.220 e. The molecule has 0 bridgehead atoms. The van der Waals surface area contributed by atoms with E-state index in [-0.39, 0.29) is 0 Å². The third-order valence-electron chi connectivity index (χ3n) is 3.50. The predicted molar refractivity (Wildman–Crippen MR) is 113 cm³/mol. The van der Waals surface area contributed by atoms with Crippen molar-refractivity contribution in [3.05, 3.63) is 23.8 Å². The number of amides is 1. The molecule has 3 rings (SSSR count). The maximum atomic E-state index is 13.5. The molecule has 1 aromatic carbocycles. The summed E-state index contributed by atoms with van der Waals surface area (Å²) in [5.74, 6) is -3.11. The first-order valence-corrected chi connectivity index (χ1v) is 8.09. The molecule has 0 aliphatic carbocycles. The van der Waals surface area contributed by atoms with Crippen molar-refractivity contribution in [2.45, 2.75) is 70.0 Å². The van der Waals surface area contributed by atoms with Crippen molar-refractivity contribution >= 4 is 5.91 Å². The largest absolute Gasteiger partial charge is 0.486 e. The Labute approximate surface area is 212 Å². The fraction of sp³-hybridized carbons (Fsp3) is 0.696. The van der Waals surface area contributed by atoms with Crippen LogP contribution in [0.25, 0.3) is 0 Å². The monoisotopic (exact) mass is 431 g/mol. The van der Waals surface area contributed by atoms with Crippen LogP contribution in [0.4, 0.5) is 0 Å². The predicted octanol–water partition coefficient (Wildman–Crippen LogP) is 3.43. The van der Waals surface area contributed by atoms with Crippen molar-refractivity contribution < 1.29 is 56.4 Å². The number of nitrogens with one attached hydrogen (secondary N) is 1. The molecule has 0 spiro atoms. The first-order valence-electron chi connectivity index (χ1n) is 21.6. The van der Waals surface area contributed by atoms with Crippen molar-refractivity contribution in [1.29, 1.82) is 0 Å². The van der Waals surface area contributed by atoms with Gasteiger partial charge in [0.05, 0.1) is 11.5 Å². The van der Waals surface area contributed by atoms with Gasteiger partial charge in [-0.2, -0.15) is 0 Å². The second-order valence-electron chi connectivity index (χ2n) is 5.40. The number of ether oxygens (including phenoxy) is 2. The van der Waals surface area contributed by atoms with Gasteiger partial charge in [-0.3, -0.25) is 4.79 Å². The Morgan fingerprint density at radius 3 is 2.79 bits per heavy atom. The standard InChI is InChI=1S/C23H36N2O4/c1-2-3-4-5-6-9-22(26)24-19(17-25-12-7-8-13-25)23(27)18-10-11-20-21(16-18)29-15-14-28-20/h10-11,16,19,23,27H,2-9,12-15,17H2,1H3,(H,24,26)/t19-,23-/m1/s1/i1D3,2D2,3D2,4D2,5D2,6D2,7D2,8D2,12D2,13D2,14D2,15D2,17D2. The Balaban J connectivity index is 2.19. The number of benzene rings is 1. The minimum Gasteiger partial charge on any atom is -0.486 e. The van der Waals surface area contributed by atoms with E-state index in [1.54, 1.807) is 5.32 Å². The summed E-state index contributed by atoms with van der Waals surface area (Å²) in [6.07, 6.45) is -33.8. The molecule has 6 nitrogen and oxygen atoms in total. The highest BCUT2D eigenvalue weighted by Gasteiger charge is 2.27. The average molecular weight is 432 g/mol. The molecule has 1 amide bonds. The quantitative estimate of drug-likeness (QED) is 0.562. The van der Waals surface area contributed by atoms with E-state index >= 15 is 0 Å². The minimum absolute atomic E-state index is 0.495. The number of likely N-dealkylation sites (tertiary alicyclic amines) is 1. The Kier molecular flexibility index (Phi) is 2.33. The summed E-state index contributed by atoms with van der Waals surface area (Å²) in [5.41, 5.74) is -0.652. The third kappa shape index (κ3) is 6.61. The molecule has 29 heavy (non-hydrogen) atoms. The lowest BCUT2D eigenvalue weighted by Gasteiger charge is -2.29. The van der Waals surface area contributed by atoms with Crippen LogP contribution in [0, 0.1) is 0 Å². The van der Waals surface area contributed by atoms with Gasteiger partial charge in [-0.15, -0.1) is 0 Å².